The highest BCUT2D eigenvalue weighted by Crippen LogP contribution is 2.14. The Bertz CT molecular complexity index is 758. The molecular formula is C20H29N5O2S. The third-order valence-electron chi connectivity index (χ3n) is 5.28. The van der Waals surface area contributed by atoms with Gasteiger partial charge >= 0.3 is 0 Å². The predicted octanol–water partition coefficient (Wildman–Crippen LogP) is 2.13. The highest BCUT2D eigenvalue weighted by Gasteiger charge is 2.21. The molecule has 7 nitrogen and oxygen atoms in total. The number of likely N-dealkylation sites (N-methyl/N-ethyl adjacent to an activating group) is 1. The lowest BCUT2D eigenvalue weighted by atomic mass is 10.1. The Balaban J connectivity index is 1.43. The number of hydrogen-bond acceptors (Lipinski definition) is 6. The Morgan fingerprint density at radius 3 is 2.71 bits per heavy atom. The molecule has 0 saturated carbocycles. The van der Waals surface area contributed by atoms with Gasteiger partial charge in [-0.05, 0) is 44.5 Å². The summed E-state index contributed by atoms with van der Waals surface area (Å²) in [6, 6.07) is 7.82. The highest BCUT2D eigenvalue weighted by atomic mass is 32.2. The van der Waals surface area contributed by atoms with Crippen LogP contribution in [-0.4, -0.2) is 80.0 Å². The zero-order valence-corrected chi connectivity index (χ0v) is 17.4. The summed E-state index contributed by atoms with van der Waals surface area (Å²) in [6.07, 6.45) is 3.77. The zero-order chi connectivity index (χ0) is 19.9. The number of rotatable bonds is 8. The normalized spacial score (nSPS) is 15.8. The van der Waals surface area contributed by atoms with E-state index in [0.29, 0.717) is 24.0 Å². The summed E-state index contributed by atoms with van der Waals surface area (Å²) in [6.45, 7) is 5.34. The minimum atomic E-state index is -0.0119. The van der Waals surface area contributed by atoms with Gasteiger partial charge < -0.3 is 14.9 Å². The number of aromatic nitrogens is 3. The van der Waals surface area contributed by atoms with E-state index in [-0.39, 0.29) is 5.91 Å². The van der Waals surface area contributed by atoms with Gasteiger partial charge in [0.2, 0.25) is 0 Å². The molecule has 1 aromatic heterocycles. The Kier molecular flexibility index (Phi) is 7.33. The third-order valence-corrected chi connectivity index (χ3v) is 6.22. The second-order valence-electron chi connectivity index (χ2n) is 7.31. The SMILES string of the molecule is C[C@H](CCc1ccc(O)cc1)N(C)CCn1cc(C(=O)N2CCSCC2)nn1. The van der Waals surface area contributed by atoms with Crippen molar-refractivity contribution in [3.05, 3.63) is 41.7 Å². The van der Waals surface area contributed by atoms with E-state index < -0.39 is 0 Å². The number of amides is 1. The number of hydrogen-bond donors (Lipinski definition) is 1. The molecule has 0 aliphatic carbocycles. The van der Waals surface area contributed by atoms with Crippen molar-refractivity contribution in [2.75, 3.05) is 38.2 Å². The first kappa shape index (κ1) is 20.7. The fraction of sp³-hybridized carbons (Fsp3) is 0.550. The number of benzene rings is 1. The molecule has 2 aromatic rings. The summed E-state index contributed by atoms with van der Waals surface area (Å²) in [5, 5.41) is 17.6. The van der Waals surface area contributed by atoms with Gasteiger partial charge in [-0.3, -0.25) is 9.48 Å². The zero-order valence-electron chi connectivity index (χ0n) is 16.6. The predicted molar refractivity (Wildman–Crippen MR) is 112 cm³/mol. The van der Waals surface area contributed by atoms with E-state index in [1.54, 1.807) is 23.0 Å². The number of nitrogens with zero attached hydrogens (tertiary/aromatic N) is 5. The van der Waals surface area contributed by atoms with Crippen molar-refractivity contribution in [1.29, 1.82) is 0 Å². The third kappa shape index (κ3) is 5.72. The van der Waals surface area contributed by atoms with Crippen molar-refractivity contribution in [2.45, 2.75) is 32.4 Å². The van der Waals surface area contributed by atoms with Gasteiger partial charge in [0.25, 0.3) is 5.91 Å². The van der Waals surface area contributed by atoms with E-state index in [1.165, 1.54) is 5.56 Å². The molecule has 1 amide bonds. The summed E-state index contributed by atoms with van der Waals surface area (Å²) >= 11 is 1.88. The molecule has 1 fully saturated rings. The van der Waals surface area contributed by atoms with E-state index in [2.05, 4.69) is 29.2 Å². The average molecular weight is 404 g/mol. The van der Waals surface area contributed by atoms with Gasteiger partial charge in [0, 0.05) is 37.2 Å². The van der Waals surface area contributed by atoms with Crippen LogP contribution >= 0.6 is 11.8 Å². The molecule has 3 rings (SSSR count). The number of carbonyl (C=O) groups excluding carboxylic acids is 1. The lowest BCUT2D eigenvalue weighted by molar-refractivity contribution is 0.0766. The van der Waals surface area contributed by atoms with Crippen molar-refractivity contribution in [3.63, 3.8) is 0 Å². The first-order chi connectivity index (χ1) is 13.5. The molecule has 1 aromatic carbocycles. The summed E-state index contributed by atoms with van der Waals surface area (Å²) in [4.78, 5) is 16.6. The van der Waals surface area contributed by atoms with Crippen molar-refractivity contribution in [1.82, 2.24) is 24.8 Å². The van der Waals surface area contributed by atoms with Gasteiger partial charge in [0.05, 0.1) is 12.7 Å². The topological polar surface area (TPSA) is 74.5 Å². The molecule has 2 heterocycles. The summed E-state index contributed by atoms with van der Waals surface area (Å²) in [7, 11) is 2.11. The second kappa shape index (κ2) is 9.93. The molecule has 1 N–H and O–H groups in total. The maximum absolute atomic E-state index is 12.5. The van der Waals surface area contributed by atoms with Crippen LogP contribution in [0.15, 0.2) is 30.5 Å². The molecule has 1 saturated heterocycles. The van der Waals surface area contributed by atoms with Gasteiger partial charge in [0.1, 0.15) is 5.75 Å². The van der Waals surface area contributed by atoms with E-state index >= 15 is 0 Å². The molecule has 28 heavy (non-hydrogen) atoms. The smallest absolute Gasteiger partial charge is 0.276 e. The number of phenols is 1. The lowest BCUT2D eigenvalue weighted by Gasteiger charge is -2.25. The van der Waals surface area contributed by atoms with Crippen LogP contribution in [0, 0.1) is 0 Å². The maximum atomic E-state index is 12.5. The van der Waals surface area contributed by atoms with Crippen LogP contribution in [0.3, 0.4) is 0 Å². The van der Waals surface area contributed by atoms with Gasteiger partial charge in [0.15, 0.2) is 5.69 Å². The molecule has 0 spiro atoms. The average Bonchev–Trinajstić information content (AvgIpc) is 3.20. The second-order valence-corrected chi connectivity index (χ2v) is 8.53. The van der Waals surface area contributed by atoms with Gasteiger partial charge in [-0.25, -0.2) is 0 Å². The number of thioether (sulfide) groups is 1. The minimum Gasteiger partial charge on any atom is -0.508 e. The minimum absolute atomic E-state index is 0.0119. The Labute approximate surface area is 170 Å². The first-order valence-electron chi connectivity index (χ1n) is 9.78. The lowest BCUT2D eigenvalue weighted by Crippen LogP contribution is -2.38. The molecular weight excluding hydrogens is 374 g/mol. The van der Waals surface area contributed by atoms with Gasteiger partial charge in [-0.2, -0.15) is 11.8 Å². The van der Waals surface area contributed by atoms with Crippen LogP contribution in [0.25, 0.3) is 0 Å². The monoisotopic (exact) mass is 403 g/mol. The van der Waals surface area contributed by atoms with E-state index in [4.69, 9.17) is 0 Å². The van der Waals surface area contributed by atoms with Crippen LogP contribution < -0.4 is 0 Å². The maximum Gasteiger partial charge on any atom is 0.276 e. The molecule has 1 aliphatic heterocycles. The molecule has 152 valence electrons. The molecule has 0 bridgehead atoms. The Hall–Kier alpha value is -2.06. The van der Waals surface area contributed by atoms with Crippen molar-refractivity contribution in [2.24, 2.45) is 0 Å². The number of carbonyl (C=O) groups is 1. The Morgan fingerprint density at radius 2 is 2.00 bits per heavy atom. The molecule has 1 aliphatic rings. The number of phenolic OH excluding ortho intramolecular Hbond substituents is 1. The summed E-state index contributed by atoms with van der Waals surface area (Å²) in [5.74, 6) is 2.28. The van der Waals surface area contributed by atoms with Crippen molar-refractivity contribution >= 4 is 17.7 Å². The van der Waals surface area contributed by atoms with Crippen LogP contribution in [-0.2, 0) is 13.0 Å². The largest absolute Gasteiger partial charge is 0.508 e. The van der Waals surface area contributed by atoms with Crippen LogP contribution in [0.4, 0.5) is 0 Å². The van der Waals surface area contributed by atoms with Crippen molar-refractivity contribution < 1.29 is 9.90 Å². The molecule has 8 heteroatoms. The van der Waals surface area contributed by atoms with Crippen molar-refractivity contribution in [3.8, 4) is 5.75 Å². The molecule has 0 radical (unpaired) electrons. The first-order valence-corrected chi connectivity index (χ1v) is 10.9. The quantitative estimate of drug-likeness (QED) is 0.728. The number of aryl methyl sites for hydroxylation is 1. The fourth-order valence-electron chi connectivity index (χ4n) is 3.17. The van der Waals surface area contributed by atoms with Crippen LogP contribution in [0.1, 0.15) is 29.4 Å². The summed E-state index contributed by atoms with van der Waals surface area (Å²) in [5.41, 5.74) is 1.67. The molecule has 0 unspecified atom stereocenters. The van der Waals surface area contributed by atoms with Gasteiger partial charge in [-0.1, -0.05) is 17.3 Å². The van der Waals surface area contributed by atoms with E-state index in [9.17, 15) is 9.90 Å². The fourth-order valence-corrected chi connectivity index (χ4v) is 4.08. The van der Waals surface area contributed by atoms with E-state index in [0.717, 1.165) is 44.0 Å². The standard InChI is InChI=1S/C20H29N5O2S/c1-16(3-4-17-5-7-18(26)8-6-17)23(2)9-10-25-15-19(21-22-25)20(27)24-11-13-28-14-12-24/h5-8,15-16,26H,3-4,9-14H2,1-2H3/t16-/m1/s1. The molecule has 1 atom stereocenters. The summed E-state index contributed by atoms with van der Waals surface area (Å²) < 4.78 is 1.76. The van der Waals surface area contributed by atoms with Crippen LogP contribution in [0.2, 0.25) is 0 Å². The Morgan fingerprint density at radius 1 is 1.29 bits per heavy atom. The van der Waals surface area contributed by atoms with E-state index in [1.807, 2.05) is 28.8 Å². The highest BCUT2D eigenvalue weighted by molar-refractivity contribution is 7.99. The van der Waals surface area contributed by atoms with Crippen LogP contribution in [0.5, 0.6) is 5.75 Å². The van der Waals surface area contributed by atoms with Gasteiger partial charge in [-0.15, -0.1) is 5.10 Å². The number of aromatic hydroxyl groups is 1.